The van der Waals surface area contributed by atoms with Gasteiger partial charge < -0.3 is 35.4 Å². The molecule has 5 atom stereocenters. The molecule has 108 valence electrons. The van der Waals surface area contributed by atoms with Gasteiger partial charge in [-0.15, -0.1) is 0 Å². The fourth-order valence-electron chi connectivity index (χ4n) is 1.98. The van der Waals surface area contributed by atoms with Crippen molar-refractivity contribution in [2.45, 2.75) is 37.1 Å². The maximum absolute atomic E-state index is 9.84. The number of aliphatic hydroxyl groups is 4. The maximum atomic E-state index is 9.84. The highest BCUT2D eigenvalue weighted by molar-refractivity contribution is 4.92. The zero-order valence-corrected chi connectivity index (χ0v) is 10.9. The highest BCUT2D eigenvalue weighted by atomic mass is 16.6. The van der Waals surface area contributed by atoms with E-state index >= 15 is 0 Å². The largest absolute Gasteiger partial charge is 0.394 e. The minimum absolute atomic E-state index is 0.442. The highest BCUT2D eigenvalue weighted by Crippen LogP contribution is 2.19. The molecule has 1 aliphatic rings. The highest BCUT2D eigenvalue weighted by Gasteiger charge is 2.43. The molecule has 0 bridgehead atoms. The standard InChI is InChI=1S/C11H24N2O5/c1-13(2)5-3-4-12-8-10(16)9(15)7(6-14)18-11(8)17/h7-12,14-17H,3-6H2,1-2H3/t7-,8-,9-,10-,11-/m1/s1. The van der Waals surface area contributed by atoms with Crippen LogP contribution in [0.25, 0.3) is 0 Å². The summed E-state index contributed by atoms with van der Waals surface area (Å²) in [6.45, 7) is 1.04. The average Bonchev–Trinajstić information content (AvgIpc) is 2.32. The van der Waals surface area contributed by atoms with Gasteiger partial charge in [0.15, 0.2) is 6.29 Å². The first-order valence-corrected chi connectivity index (χ1v) is 6.16. The normalized spacial score (nSPS) is 37.2. The van der Waals surface area contributed by atoms with Gasteiger partial charge in [-0.1, -0.05) is 0 Å². The van der Waals surface area contributed by atoms with Gasteiger partial charge in [0, 0.05) is 0 Å². The first-order chi connectivity index (χ1) is 8.47. The van der Waals surface area contributed by atoms with Crippen molar-refractivity contribution in [2.24, 2.45) is 0 Å². The lowest BCUT2D eigenvalue weighted by atomic mass is 9.97. The van der Waals surface area contributed by atoms with Crippen LogP contribution in [0.3, 0.4) is 0 Å². The van der Waals surface area contributed by atoms with Gasteiger partial charge >= 0.3 is 0 Å². The molecule has 0 aromatic heterocycles. The molecule has 1 heterocycles. The van der Waals surface area contributed by atoms with Crippen molar-refractivity contribution < 1.29 is 25.2 Å². The predicted octanol–water partition coefficient (Wildman–Crippen LogP) is -2.67. The summed E-state index contributed by atoms with van der Waals surface area (Å²) in [5.41, 5.74) is 0. The number of aliphatic hydroxyl groups excluding tert-OH is 4. The summed E-state index contributed by atoms with van der Waals surface area (Å²) in [5, 5.41) is 41.1. The number of rotatable bonds is 6. The van der Waals surface area contributed by atoms with Crippen LogP contribution < -0.4 is 5.32 Å². The van der Waals surface area contributed by atoms with Gasteiger partial charge in [0.25, 0.3) is 0 Å². The van der Waals surface area contributed by atoms with Crippen LogP contribution in [0.4, 0.5) is 0 Å². The second-order valence-corrected chi connectivity index (χ2v) is 4.87. The van der Waals surface area contributed by atoms with Crippen molar-refractivity contribution in [2.75, 3.05) is 33.8 Å². The van der Waals surface area contributed by atoms with Crippen molar-refractivity contribution >= 4 is 0 Å². The van der Waals surface area contributed by atoms with Gasteiger partial charge in [0.2, 0.25) is 0 Å². The Hall–Kier alpha value is -0.280. The topological polar surface area (TPSA) is 105 Å². The molecule has 1 fully saturated rings. The number of ether oxygens (including phenoxy) is 1. The summed E-state index contributed by atoms with van der Waals surface area (Å²) in [6.07, 6.45) is -3.70. The predicted molar refractivity (Wildman–Crippen MR) is 64.9 cm³/mol. The molecule has 1 saturated heterocycles. The van der Waals surface area contributed by atoms with Gasteiger partial charge in [0.1, 0.15) is 18.3 Å². The Morgan fingerprint density at radius 2 is 1.83 bits per heavy atom. The molecule has 1 aliphatic heterocycles. The van der Waals surface area contributed by atoms with E-state index in [4.69, 9.17) is 9.84 Å². The minimum atomic E-state index is -1.24. The zero-order valence-electron chi connectivity index (χ0n) is 10.9. The van der Waals surface area contributed by atoms with E-state index in [9.17, 15) is 15.3 Å². The van der Waals surface area contributed by atoms with E-state index in [1.165, 1.54) is 0 Å². The zero-order chi connectivity index (χ0) is 13.7. The van der Waals surface area contributed by atoms with E-state index in [-0.39, 0.29) is 0 Å². The molecular weight excluding hydrogens is 240 g/mol. The summed E-state index contributed by atoms with van der Waals surface area (Å²) in [4.78, 5) is 2.03. The van der Waals surface area contributed by atoms with Gasteiger partial charge in [-0.3, -0.25) is 0 Å². The van der Waals surface area contributed by atoms with Crippen molar-refractivity contribution in [3.63, 3.8) is 0 Å². The first kappa shape index (κ1) is 15.8. The molecule has 5 N–H and O–H groups in total. The fourth-order valence-corrected chi connectivity index (χ4v) is 1.98. The van der Waals surface area contributed by atoms with Crippen LogP contribution in [0.1, 0.15) is 6.42 Å². The second-order valence-electron chi connectivity index (χ2n) is 4.87. The Bertz CT molecular complexity index is 241. The first-order valence-electron chi connectivity index (χ1n) is 6.16. The average molecular weight is 264 g/mol. The number of hydrogen-bond donors (Lipinski definition) is 5. The van der Waals surface area contributed by atoms with Crippen molar-refractivity contribution in [3.8, 4) is 0 Å². The summed E-state index contributed by atoms with van der Waals surface area (Å²) in [6, 6.07) is -0.745. The lowest BCUT2D eigenvalue weighted by Gasteiger charge is -2.40. The molecule has 7 heteroatoms. The Kier molecular flexibility index (Phi) is 6.44. The smallest absolute Gasteiger partial charge is 0.173 e. The molecule has 0 aromatic rings. The summed E-state index contributed by atoms with van der Waals surface area (Å²) < 4.78 is 5.03. The van der Waals surface area contributed by atoms with E-state index in [1.54, 1.807) is 0 Å². The van der Waals surface area contributed by atoms with Crippen molar-refractivity contribution in [1.82, 2.24) is 10.2 Å². The van der Waals surface area contributed by atoms with E-state index < -0.39 is 37.3 Å². The lowest BCUT2D eigenvalue weighted by Crippen LogP contribution is -2.63. The molecule has 0 unspecified atom stereocenters. The molecule has 18 heavy (non-hydrogen) atoms. The van der Waals surface area contributed by atoms with Crippen LogP contribution in [0.5, 0.6) is 0 Å². The SMILES string of the molecule is CN(C)CCCN[C@@H]1[C@@H](O)[C@H](O)[C@@H](CO)O[C@H]1O. The van der Waals surface area contributed by atoms with E-state index in [2.05, 4.69) is 5.32 Å². The van der Waals surface area contributed by atoms with Crippen molar-refractivity contribution in [1.29, 1.82) is 0 Å². The van der Waals surface area contributed by atoms with Gasteiger partial charge in [-0.2, -0.15) is 0 Å². The molecule has 0 aliphatic carbocycles. The van der Waals surface area contributed by atoms with E-state index in [0.29, 0.717) is 6.54 Å². The molecular formula is C11H24N2O5. The molecule has 0 spiro atoms. The molecule has 1 rings (SSSR count). The quantitative estimate of drug-likeness (QED) is 0.333. The summed E-state index contributed by atoms with van der Waals surface area (Å²) in [7, 11) is 3.92. The Balaban J connectivity index is 2.40. The van der Waals surface area contributed by atoms with Crippen LogP contribution in [-0.2, 0) is 4.74 Å². The Morgan fingerprint density at radius 1 is 1.17 bits per heavy atom. The summed E-state index contributed by atoms with van der Waals surface area (Å²) in [5.74, 6) is 0. The van der Waals surface area contributed by atoms with Crippen LogP contribution in [0, 0.1) is 0 Å². The van der Waals surface area contributed by atoms with Crippen LogP contribution in [-0.4, -0.2) is 89.8 Å². The minimum Gasteiger partial charge on any atom is -0.394 e. The van der Waals surface area contributed by atoms with Gasteiger partial charge in [-0.05, 0) is 33.6 Å². The van der Waals surface area contributed by atoms with Crippen LogP contribution in [0.15, 0.2) is 0 Å². The number of nitrogens with one attached hydrogen (secondary N) is 1. The Morgan fingerprint density at radius 3 is 2.39 bits per heavy atom. The number of hydrogen-bond acceptors (Lipinski definition) is 7. The van der Waals surface area contributed by atoms with Crippen LogP contribution in [0.2, 0.25) is 0 Å². The Labute approximate surface area is 107 Å². The van der Waals surface area contributed by atoms with Crippen molar-refractivity contribution in [3.05, 3.63) is 0 Å². The van der Waals surface area contributed by atoms with Gasteiger partial charge in [0.05, 0.1) is 12.6 Å². The van der Waals surface area contributed by atoms with Crippen LogP contribution >= 0.6 is 0 Å². The van der Waals surface area contributed by atoms with E-state index in [0.717, 1.165) is 13.0 Å². The lowest BCUT2D eigenvalue weighted by molar-refractivity contribution is -0.254. The van der Waals surface area contributed by atoms with E-state index in [1.807, 2.05) is 19.0 Å². The molecule has 7 nitrogen and oxygen atoms in total. The summed E-state index contributed by atoms with van der Waals surface area (Å²) >= 11 is 0. The molecule has 0 saturated carbocycles. The third-order valence-corrected chi connectivity index (χ3v) is 3.06. The number of nitrogens with zero attached hydrogens (tertiary/aromatic N) is 1. The third kappa shape index (κ3) is 4.13. The second kappa shape index (κ2) is 7.34. The molecule has 0 radical (unpaired) electrons. The fraction of sp³-hybridized carbons (Fsp3) is 1.00. The monoisotopic (exact) mass is 264 g/mol. The van der Waals surface area contributed by atoms with Gasteiger partial charge in [-0.25, -0.2) is 0 Å². The third-order valence-electron chi connectivity index (χ3n) is 3.06. The maximum Gasteiger partial charge on any atom is 0.173 e. The molecule has 0 amide bonds. The molecule has 0 aromatic carbocycles.